The van der Waals surface area contributed by atoms with E-state index in [0.29, 0.717) is 22.4 Å². The van der Waals surface area contributed by atoms with E-state index in [1.807, 2.05) is 51.1 Å². The summed E-state index contributed by atoms with van der Waals surface area (Å²) in [7, 11) is 0. The number of aromatic nitrogens is 1. The van der Waals surface area contributed by atoms with E-state index in [9.17, 15) is 19.5 Å². The summed E-state index contributed by atoms with van der Waals surface area (Å²) >= 11 is 0. The second-order valence-corrected chi connectivity index (χ2v) is 10.7. The lowest BCUT2D eigenvalue weighted by atomic mass is 9.83. The Balaban J connectivity index is 1.69. The number of nitrogens with one attached hydrogen (secondary N) is 2. The van der Waals surface area contributed by atoms with Crippen molar-refractivity contribution in [1.82, 2.24) is 4.57 Å². The third kappa shape index (κ3) is 6.35. The van der Waals surface area contributed by atoms with Crippen LogP contribution < -0.4 is 16.6 Å². The lowest BCUT2D eigenvalue weighted by Crippen LogP contribution is -2.34. The Labute approximate surface area is 232 Å². The first-order valence-electron chi connectivity index (χ1n) is 12.8. The third-order valence-corrected chi connectivity index (χ3v) is 6.71. The number of carbonyl (C=O) groups is 2. The van der Waals surface area contributed by atoms with Crippen LogP contribution in [0.15, 0.2) is 95.9 Å². The summed E-state index contributed by atoms with van der Waals surface area (Å²) in [6.07, 6.45) is 1.89. The number of carboxylic acid groups (broad SMARTS) is 1. The van der Waals surface area contributed by atoms with Crippen molar-refractivity contribution in [2.24, 2.45) is 5.73 Å². The minimum absolute atomic E-state index is 0.0380. The number of rotatable bonds is 8. The first-order chi connectivity index (χ1) is 18.9. The van der Waals surface area contributed by atoms with Crippen LogP contribution in [0.3, 0.4) is 0 Å². The van der Waals surface area contributed by atoms with Crippen LogP contribution in [0.5, 0.6) is 0 Å². The Kier molecular flexibility index (Phi) is 8.00. The number of pyridine rings is 1. The Morgan fingerprint density at radius 3 is 2.20 bits per heavy atom. The van der Waals surface area contributed by atoms with Gasteiger partial charge in [0.25, 0.3) is 5.56 Å². The number of hydrogen-bond acceptors (Lipinski definition) is 4. The molecule has 0 saturated carbocycles. The van der Waals surface area contributed by atoms with Gasteiger partial charge in [0.1, 0.15) is 11.9 Å². The first kappa shape index (κ1) is 28.0. The van der Waals surface area contributed by atoms with Gasteiger partial charge in [0.2, 0.25) is 5.91 Å². The van der Waals surface area contributed by atoms with E-state index < -0.39 is 23.3 Å². The van der Waals surface area contributed by atoms with Gasteiger partial charge in [-0.15, -0.1) is 0 Å². The normalized spacial score (nSPS) is 12.0. The number of nitrogens with zero attached hydrogens (tertiary/aromatic N) is 1. The van der Waals surface area contributed by atoms with Crippen molar-refractivity contribution in [3.8, 4) is 11.1 Å². The minimum atomic E-state index is -1.03. The molecule has 8 nitrogen and oxygen atoms in total. The number of nitrogens with two attached hydrogens (primary N) is 1. The van der Waals surface area contributed by atoms with E-state index in [2.05, 4.69) is 5.32 Å². The molecule has 0 aliphatic carbocycles. The summed E-state index contributed by atoms with van der Waals surface area (Å²) in [6, 6.07) is 23.6. The molecular formula is C32H32N4O4. The van der Waals surface area contributed by atoms with Crippen molar-refractivity contribution in [2.75, 3.05) is 5.32 Å². The van der Waals surface area contributed by atoms with Crippen molar-refractivity contribution in [1.29, 1.82) is 5.41 Å². The van der Waals surface area contributed by atoms with Crippen LogP contribution in [0, 0.1) is 5.41 Å². The van der Waals surface area contributed by atoms with Gasteiger partial charge < -0.3 is 20.7 Å². The molecule has 0 spiro atoms. The number of benzene rings is 3. The van der Waals surface area contributed by atoms with E-state index >= 15 is 0 Å². The van der Waals surface area contributed by atoms with Gasteiger partial charge in [-0.3, -0.25) is 15.0 Å². The van der Waals surface area contributed by atoms with Gasteiger partial charge in [0.05, 0.1) is 5.56 Å². The second kappa shape index (κ2) is 11.4. The largest absolute Gasteiger partial charge is 0.478 e. The molecule has 0 radical (unpaired) electrons. The van der Waals surface area contributed by atoms with E-state index in [-0.39, 0.29) is 23.4 Å². The van der Waals surface area contributed by atoms with Crippen molar-refractivity contribution in [3.05, 3.63) is 124 Å². The highest BCUT2D eigenvalue weighted by Crippen LogP contribution is 2.29. The zero-order valence-corrected chi connectivity index (χ0v) is 22.6. The van der Waals surface area contributed by atoms with Gasteiger partial charge in [-0.2, -0.15) is 0 Å². The summed E-state index contributed by atoms with van der Waals surface area (Å²) < 4.78 is 1.41. The van der Waals surface area contributed by atoms with E-state index in [1.165, 1.54) is 16.7 Å². The summed E-state index contributed by atoms with van der Waals surface area (Å²) in [5, 5.41) is 20.1. The molecule has 4 rings (SSSR count). The molecule has 1 atom stereocenters. The monoisotopic (exact) mass is 536 g/mol. The fourth-order valence-electron chi connectivity index (χ4n) is 4.58. The van der Waals surface area contributed by atoms with Crippen LogP contribution in [0.25, 0.3) is 11.1 Å². The molecular weight excluding hydrogens is 504 g/mol. The zero-order valence-electron chi connectivity index (χ0n) is 22.6. The van der Waals surface area contributed by atoms with Crippen LogP contribution in [0.4, 0.5) is 5.69 Å². The molecule has 4 aromatic rings. The zero-order chi connectivity index (χ0) is 29.0. The van der Waals surface area contributed by atoms with Crippen LogP contribution >= 0.6 is 0 Å². The molecule has 8 heteroatoms. The van der Waals surface area contributed by atoms with Gasteiger partial charge >= 0.3 is 5.97 Å². The number of hydrogen-bond donors (Lipinski definition) is 4. The summed E-state index contributed by atoms with van der Waals surface area (Å²) in [6.45, 7) is 5.73. The summed E-state index contributed by atoms with van der Waals surface area (Å²) in [4.78, 5) is 38.8. The molecule has 0 fully saturated rings. The lowest BCUT2D eigenvalue weighted by Gasteiger charge is -2.24. The van der Waals surface area contributed by atoms with Crippen LogP contribution in [-0.4, -0.2) is 27.4 Å². The molecule has 1 unspecified atom stereocenters. The van der Waals surface area contributed by atoms with Gasteiger partial charge in [-0.05, 0) is 51.9 Å². The topological polar surface area (TPSA) is 138 Å². The predicted octanol–water partition coefficient (Wildman–Crippen LogP) is 5.22. The molecule has 204 valence electrons. The molecule has 1 aromatic heterocycles. The average molecular weight is 537 g/mol. The van der Waals surface area contributed by atoms with Crippen molar-refractivity contribution >= 4 is 23.4 Å². The molecule has 1 heterocycles. The smallest absolute Gasteiger partial charge is 0.335 e. The van der Waals surface area contributed by atoms with E-state index in [4.69, 9.17) is 11.1 Å². The fraction of sp³-hybridized carbons (Fsp3) is 0.188. The van der Waals surface area contributed by atoms with Crippen LogP contribution in [0.2, 0.25) is 0 Å². The number of nitrogen functional groups attached to an aromatic ring is 1. The second-order valence-electron chi connectivity index (χ2n) is 10.7. The lowest BCUT2D eigenvalue weighted by molar-refractivity contribution is -0.119. The number of aromatic carboxylic acids is 1. The van der Waals surface area contributed by atoms with E-state index in [0.717, 1.165) is 11.1 Å². The van der Waals surface area contributed by atoms with Gasteiger partial charge in [0, 0.05) is 29.9 Å². The summed E-state index contributed by atoms with van der Waals surface area (Å²) in [5.74, 6) is -1.47. The van der Waals surface area contributed by atoms with Gasteiger partial charge in [-0.1, -0.05) is 75.4 Å². The molecule has 5 N–H and O–H groups in total. The Bertz CT molecular complexity index is 1620. The molecule has 0 aliphatic heterocycles. The van der Waals surface area contributed by atoms with Crippen LogP contribution in [0.1, 0.15) is 53.9 Å². The van der Waals surface area contributed by atoms with E-state index in [1.54, 1.807) is 48.7 Å². The van der Waals surface area contributed by atoms with Crippen molar-refractivity contribution < 1.29 is 14.7 Å². The number of amides is 1. The number of amidine groups is 1. The Morgan fingerprint density at radius 1 is 0.950 bits per heavy atom. The molecule has 1 amide bonds. The molecule has 0 aliphatic rings. The number of carbonyl (C=O) groups excluding carboxylic acids is 1. The highest BCUT2D eigenvalue weighted by molar-refractivity contribution is 5.96. The molecule has 40 heavy (non-hydrogen) atoms. The summed E-state index contributed by atoms with van der Waals surface area (Å²) in [5.41, 5.74) is 8.88. The molecule has 0 saturated heterocycles. The SMILES string of the molecule is CC(C)(C)c1cc(NC(=O)C(Cc2ccccc2)n2ccc(-c3ccc(C(=N)N)cc3)cc2=O)ccc1C(=O)O. The third-order valence-electron chi connectivity index (χ3n) is 6.71. The molecule has 0 bridgehead atoms. The van der Waals surface area contributed by atoms with Gasteiger partial charge in [-0.25, -0.2) is 4.79 Å². The standard InChI is InChI=1S/C32H32N4O4/c1-32(2,3)26-19-24(13-14-25(26)31(39)40)35-30(38)27(17-20-7-5-4-6-8-20)36-16-15-23(18-28(36)37)21-9-11-22(12-10-21)29(33)34/h4-16,18-19,27H,17H2,1-3H3,(H3,33,34)(H,35,38)(H,39,40). The Morgan fingerprint density at radius 2 is 1.62 bits per heavy atom. The minimum Gasteiger partial charge on any atom is -0.478 e. The van der Waals surface area contributed by atoms with Gasteiger partial charge in [0.15, 0.2) is 0 Å². The number of anilines is 1. The highest BCUT2D eigenvalue weighted by Gasteiger charge is 2.25. The van der Waals surface area contributed by atoms with Crippen molar-refractivity contribution in [3.63, 3.8) is 0 Å². The Hall–Kier alpha value is -4.98. The average Bonchev–Trinajstić information content (AvgIpc) is 2.92. The molecule has 3 aromatic carbocycles. The quantitative estimate of drug-likeness (QED) is 0.181. The maximum Gasteiger partial charge on any atom is 0.335 e. The maximum atomic E-state index is 13.7. The predicted molar refractivity (Wildman–Crippen MR) is 157 cm³/mol. The number of carboxylic acids is 1. The van der Waals surface area contributed by atoms with Crippen LogP contribution in [-0.2, 0) is 16.6 Å². The maximum absolute atomic E-state index is 13.7. The highest BCUT2D eigenvalue weighted by atomic mass is 16.4. The fourth-order valence-corrected chi connectivity index (χ4v) is 4.58. The van der Waals surface area contributed by atoms with Crippen molar-refractivity contribution in [2.45, 2.75) is 38.6 Å². The first-order valence-corrected chi connectivity index (χ1v) is 12.8.